The lowest BCUT2D eigenvalue weighted by atomic mass is 10.4. The van der Waals surface area contributed by atoms with Gasteiger partial charge in [0.15, 0.2) is 0 Å². The normalized spacial score (nSPS) is 9.43. The highest BCUT2D eigenvalue weighted by atomic mass is 16.3. The summed E-state index contributed by atoms with van der Waals surface area (Å²) in [6.07, 6.45) is 0.829. The minimum Gasteiger partial charge on any atom is -0.396 e. The highest BCUT2D eigenvalue weighted by Crippen LogP contribution is 1.68. The molecule has 0 spiro atoms. The first kappa shape index (κ1) is 6.92. The predicted molar refractivity (Wildman–Crippen MR) is 29.9 cm³/mol. The molecule has 0 fully saturated rings. The summed E-state index contributed by atoms with van der Waals surface area (Å²) < 4.78 is 0. The lowest BCUT2D eigenvalue weighted by Gasteiger charge is -1.94. The van der Waals surface area contributed by atoms with Crippen molar-refractivity contribution in [2.75, 3.05) is 19.7 Å². The molecule has 0 heterocycles. The van der Waals surface area contributed by atoms with Crippen LogP contribution in [0.2, 0.25) is 0 Å². The first-order chi connectivity index (χ1) is 3.41. The molecular formula is C5H12NO. The molecule has 2 N–H and O–H groups in total. The molecule has 43 valence electrons. The third kappa shape index (κ3) is 5.92. The lowest BCUT2D eigenvalue weighted by molar-refractivity contribution is 0.287. The van der Waals surface area contributed by atoms with Gasteiger partial charge < -0.3 is 10.4 Å². The molecule has 0 aliphatic rings. The van der Waals surface area contributed by atoms with Crippen molar-refractivity contribution in [3.63, 3.8) is 0 Å². The van der Waals surface area contributed by atoms with Crippen LogP contribution in [0, 0.1) is 6.92 Å². The Morgan fingerprint density at radius 3 is 2.71 bits per heavy atom. The Labute approximate surface area is 44.5 Å². The molecule has 7 heavy (non-hydrogen) atoms. The SMILES string of the molecule is [CH2]CNCCCO. The van der Waals surface area contributed by atoms with Gasteiger partial charge in [0.2, 0.25) is 0 Å². The van der Waals surface area contributed by atoms with E-state index in [1.807, 2.05) is 0 Å². The Hall–Kier alpha value is -0.0800. The van der Waals surface area contributed by atoms with E-state index in [9.17, 15) is 0 Å². The van der Waals surface area contributed by atoms with Gasteiger partial charge in [-0.25, -0.2) is 0 Å². The lowest BCUT2D eigenvalue weighted by Crippen LogP contribution is -2.14. The third-order valence-electron chi connectivity index (χ3n) is 0.688. The Morgan fingerprint density at radius 2 is 2.29 bits per heavy atom. The van der Waals surface area contributed by atoms with Crippen LogP contribution in [-0.2, 0) is 0 Å². The first-order valence-electron chi connectivity index (χ1n) is 2.52. The van der Waals surface area contributed by atoms with E-state index < -0.39 is 0 Å². The van der Waals surface area contributed by atoms with Crippen LogP contribution in [0.4, 0.5) is 0 Å². The largest absolute Gasteiger partial charge is 0.396 e. The molecule has 2 nitrogen and oxygen atoms in total. The van der Waals surface area contributed by atoms with Crippen molar-refractivity contribution in [2.45, 2.75) is 6.42 Å². The summed E-state index contributed by atoms with van der Waals surface area (Å²) in [5.41, 5.74) is 0. The van der Waals surface area contributed by atoms with E-state index in [4.69, 9.17) is 5.11 Å². The van der Waals surface area contributed by atoms with Crippen LogP contribution >= 0.6 is 0 Å². The quantitative estimate of drug-likeness (QED) is 0.481. The molecule has 0 unspecified atom stereocenters. The van der Waals surface area contributed by atoms with E-state index in [0.717, 1.165) is 19.5 Å². The Kier molecular flexibility index (Phi) is 5.85. The summed E-state index contributed by atoms with van der Waals surface area (Å²) in [6, 6.07) is 0. The maximum Gasteiger partial charge on any atom is 0.0443 e. The molecular weight excluding hydrogens is 90.1 g/mol. The van der Waals surface area contributed by atoms with Crippen LogP contribution in [0.1, 0.15) is 6.42 Å². The van der Waals surface area contributed by atoms with Gasteiger partial charge in [-0.1, -0.05) is 0 Å². The summed E-state index contributed by atoms with van der Waals surface area (Å²) >= 11 is 0. The van der Waals surface area contributed by atoms with Gasteiger partial charge in [-0.05, 0) is 26.4 Å². The first-order valence-corrected chi connectivity index (χ1v) is 2.52. The number of hydrogen-bond acceptors (Lipinski definition) is 2. The second-order valence-corrected chi connectivity index (χ2v) is 1.33. The highest BCUT2D eigenvalue weighted by Gasteiger charge is 1.78. The van der Waals surface area contributed by atoms with Crippen molar-refractivity contribution in [1.29, 1.82) is 0 Å². The maximum atomic E-state index is 8.23. The predicted octanol–water partition coefficient (Wildman–Crippen LogP) is -0.208. The van der Waals surface area contributed by atoms with E-state index in [1.165, 1.54) is 0 Å². The fourth-order valence-electron chi connectivity index (χ4n) is 0.329. The van der Waals surface area contributed by atoms with Crippen molar-refractivity contribution < 1.29 is 5.11 Å². The molecule has 1 radical (unpaired) electrons. The van der Waals surface area contributed by atoms with Gasteiger partial charge in [0.1, 0.15) is 0 Å². The van der Waals surface area contributed by atoms with Crippen LogP contribution < -0.4 is 5.32 Å². The summed E-state index contributed by atoms with van der Waals surface area (Å²) in [4.78, 5) is 0. The smallest absolute Gasteiger partial charge is 0.0443 e. The second-order valence-electron chi connectivity index (χ2n) is 1.33. The maximum absolute atomic E-state index is 8.23. The molecule has 0 saturated carbocycles. The minimum absolute atomic E-state index is 0.271. The van der Waals surface area contributed by atoms with Crippen LogP contribution in [-0.4, -0.2) is 24.8 Å². The number of nitrogens with one attached hydrogen (secondary N) is 1. The van der Waals surface area contributed by atoms with Gasteiger partial charge in [-0.3, -0.25) is 0 Å². The van der Waals surface area contributed by atoms with Gasteiger partial charge in [0.05, 0.1) is 0 Å². The second kappa shape index (κ2) is 5.92. The van der Waals surface area contributed by atoms with Crippen molar-refractivity contribution in [3.05, 3.63) is 6.92 Å². The minimum atomic E-state index is 0.271. The summed E-state index contributed by atoms with van der Waals surface area (Å²) in [6.45, 7) is 5.46. The van der Waals surface area contributed by atoms with Gasteiger partial charge >= 0.3 is 0 Å². The van der Waals surface area contributed by atoms with E-state index in [1.54, 1.807) is 0 Å². The van der Waals surface area contributed by atoms with E-state index >= 15 is 0 Å². The van der Waals surface area contributed by atoms with Crippen molar-refractivity contribution >= 4 is 0 Å². The molecule has 0 saturated heterocycles. The fraction of sp³-hybridized carbons (Fsp3) is 0.800. The van der Waals surface area contributed by atoms with Crippen LogP contribution in [0.3, 0.4) is 0 Å². The van der Waals surface area contributed by atoms with Crippen LogP contribution in [0.25, 0.3) is 0 Å². The highest BCUT2D eigenvalue weighted by molar-refractivity contribution is 4.45. The molecule has 0 aromatic carbocycles. The van der Waals surface area contributed by atoms with Crippen LogP contribution in [0.5, 0.6) is 0 Å². The molecule has 2 heteroatoms. The topological polar surface area (TPSA) is 32.3 Å². The van der Waals surface area contributed by atoms with Crippen molar-refractivity contribution in [1.82, 2.24) is 5.32 Å². The zero-order valence-corrected chi connectivity index (χ0v) is 4.48. The average molecular weight is 102 g/mol. The van der Waals surface area contributed by atoms with E-state index in [-0.39, 0.29) is 6.61 Å². The number of hydrogen-bond donors (Lipinski definition) is 2. The van der Waals surface area contributed by atoms with E-state index in [0.29, 0.717) is 0 Å². The number of aliphatic hydroxyl groups excluding tert-OH is 1. The zero-order chi connectivity index (χ0) is 5.54. The average Bonchev–Trinajstić information content (AvgIpc) is 1.69. The molecule has 0 bridgehead atoms. The molecule has 0 rings (SSSR count). The molecule has 0 aliphatic heterocycles. The Morgan fingerprint density at radius 1 is 1.57 bits per heavy atom. The van der Waals surface area contributed by atoms with Gasteiger partial charge in [-0.15, -0.1) is 0 Å². The van der Waals surface area contributed by atoms with Crippen molar-refractivity contribution in [3.8, 4) is 0 Å². The monoisotopic (exact) mass is 102 g/mol. The van der Waals surface area contributed by atoms with Crippen LogP contribution in [0.15, 0.2) is 0 Å². The molecule has 0 aromatic rings. The number of aliphatic hydroxyl groups is 1. The standard InChI is InChI=1S/C5H12NO/c1-2-6-4-3-5-7/h6-7H,1-5H2. The van der Waals surface area contributed by atoms with Gasteiger partial charge in [0.25, 0.3) is 0 Å². The third-order valence-corrected chi connectivity index (χ3v) is 0.688. The van der Waals surface area contributed by atoms with Gasteiger partial charge in [0, 0.05) is 6.61 Å². The fourth-order valence-corrected chi connectivity index (χ4v) is 0.329. The summed E-state index contributed by atoms with van der Waals surface area (Å²) in [5, 5.41) is 11.2. The Balaban J connectivity index is 2.45. The number of rotatable bonds is 4. The van der Waals surface area contributed by atoms with Crippen molar-refractivity contribution in [2.24, 2.45) is 0 Å². The van der Waals surface area contributed by atoms with Gasteiger partial charge in [-0.2, -0.15) is 0 Å². The summed E-state index contributed by atoms with van der Waals surface area (Å²) in [7, 11) is 0. The Bertz CT molecular complexity index is 27.3. The summed E-state index contributed by atoms with van der Waals surface area (Å²) in [5.74, 6) is 0. The van der Waals surface area contributed by atoms with E-state index in [2.05, 4.69) is 12.2 Å². The molecule has 0 aliphatic carbocycles. The zero-order valence-electron chi connectivity index (χ0n) is 4.48. The molecule has 0 aromatic heterocycles. The molecule has 0 atom stereocenters. The molecule has 0 amide bonds.